The molecule has 1 amide bonds. The fourth-order valence-corrected chi connectivity index (χ4v) is 5.02. The average molecular weight is 500 g/mol. The fourth-order valence-electron chi connectivity index (χ4n) is 4.11. The van der Waals surface area contributed by atoms with E-state index in [1.807, 2.05) is 18.2 Å². The van der Waals surface area contributed by atoms with Gasteiger partial charge in [-0.1, -0.05) is 55.1 Å². The smallest absolute Gasteiger partial charge is 0.378 e. The number of pyridine rings is 1. The summed E-state index contributed by atoms with van der Waals surface area (Å²) >= 11 is 1.18. The molecule has 5 nitrogen and oxygen atoms in total. The van der Waals surface area contributed by atoms with Gasteiger partial charge in [-0.15, -0.1) is 0 Å². The number of carbonyl (C=O) groups excluding carboxylic acids is 1. The molecule has 1 fully saturated rings. The Morgan fingerprint density at radius 3 is 2.51 bits per heavy atom. The van der Waals surface area contributed by atoms with Crippen LogP contribution in [0.25, 0.3) is 11.1 Å². The summed E-state index contributed by atoms with van der Waals surface area (Å²) < 4.78 is 44.6. The number of benzene rings is 1. The quantitative estimate of drug-likeness (QED) is 0.513. The summed E-state index contributed by atoms with van der Waals surface area (Å²) in [5.74, 6) is 0.122. The highest BCUT2D eigenvalue weighted by atomic mass is 32.2. The number of ether oxygens (including phenoxy) is 1. The third-order valence-electron chi connectivity index (χ3n) is 6.09. The van der Waals surface area contributed by atoms with Gasteiger partial charge >= 0.3 is 6.18 Å². The Morgan fingerprint density at radius 1 is 1.20 bits per heavy atom. The molecule has 1 aliphatic carbocycles. The second kappa shape index (κ2) is 10.7. The highest BCUT2D eigenvalue weighted by Gasteiger charge is 2.30. The predicted molar refractivity (Wildman–Crippen MR) is 128 cm³/mol. The molecule has 0 N–H and O–H groups in total. The summed E-state index contributed by atoms with van der Waals surface area (Å²) in [5.41, 5.74) is 1.18. The molecule has 2 aromatic rings. The van der Waals surface area contributed by atoms with E-state index >= 15 is 0 Å². The van der Waals surface area contributed by atoms with Gasteiger partial charge in [0, 0.05) is 30.3 Å². The van der Waals surface area contributed by atoms with Gasteiger partial charge in [0.05, 0.1) is 30.1 Å². The van der Waals surface area contributed by atoms with Crippen LogP contribution in [0.15, 0.2) is 59.7 Å². The Balaban J connectivity index is 1.72. The van der Waals surface area contributed by atoms with Gasteiger partial charge in [0.1, 0.15) is 11.1 Å². The van der Waals surface area contributed by atoms with Gasteiger partial charge in [-0.05, 0) is 29.7 Å². The molecule has 2 unspecified atom stereocenters. The van der Waals surface area contributed by atoms with Crippen LogP contribution in [0.4, 0.5) is 13.2 Å². The highest BCUT2D eigenvalue weighted by molar-refractivity contribution is 8.00. The number of thioether (sulfide) groups is 1. The summed E-state index contributed by atoms with van der Waals surface area (Å²) in [4.78, 5) is 19.2. The standard InChI is InChI=1S/C26H24F3N3O2S/c1-17-4-2-3-5-20(17)23-14-21(18-6-8-19(9-7-18)26(27,28)29)22(15-30)25(31-23)35-16-24(33)32-10-12-34-13-11-32/h2-9,14,17,20H,10-13,16H2,1H3. The minimum Gasteiger partial charge on any atom is -0.378 e. The Labute approximate surface area is 206 Å². The first-order valence-corrected chi connectivity index (χ1v) is 12.2. The zero-order valence-electron chi connectivity index (χ0n) is 19.1. The molecule has 0 spiro atoms. The van der Waals surface area contributed by atoms with Gasteiger partial charge in [0.2, 0.25) is 5.91 Å². The zero-order chi connectivity index (χ0) is 25.0. The molecule has 0 saturated carbocycles. The van der Waals surface area contributed by atoms with Crippen LogP contribution in [0.2, 0.25) is 0 Å². The number of hydrogen-bond acceptors (Lipinski definition) is 5. The molecule has 2 heterocycles. The summed E-state index contributed by atoms with van der Waals surface area (Å²) in [5, 5.41) is 10.4. The lowest BCUT2D eigenvalue weighted by Gasteiger charge is -2.27. The number of aromatic nitrogens is 1. The number of nitrogens with zero attached hydrogens (tertiary/aromatic N) is 3. The van der Waals surface area contributed by atoms with E-state index in [1.165, 1.54) is 23.9 Å². The molecule has 0 radical (unpaired) electrons. The molecule has 2 atom stereocenters. The van der Waals surface area contributed by atoms with E-state index < -0.39 is 11.7 Å². The fraction of sp³-hybridized carbons (Fsp3) is 0.346. The van der Waals surface area contributed by atoms with Gasteiger partial charge in [0.25, 0.3) is 0 Å². The zero-order valence-corrected chi connectivity index (χ0v) is 19.9. The molecule has 182 valence electrons. The van der Waals surface area contributed by atoms with Crippen molar-refractivity contribution < 1.29 is 22.7 Å². The van der Waals surface area contributed by atoms with Crippen molar-refractivity contribution in [3.05, 3.63) is 71.5 Å². The van der Waals surface area contributed by atoms with E-state index in [9.17, 15) is 23.2 Å². The number of hydrogen-bond donors (Lipinski definition) is 0. The molecular weight excluding hydrogens is 475 g/mol. The Kier molecular flexibility index (Phi) is 7.63. The summed E-state index contributed by atoms with van der Waals surface area (Å²) in [6.45, 7) is 4.07. The van der Waals surface area contributed by atoms with Crippen molar-refractivity contribution in [2.75, 3.05) is 32.1 Å². The summed E-state index contributed by atoms with van der Waals surface area (Å²) in [6.07, 6.45) is 3.50. The van der Waals surface area contributed by atoms with Crippen LogP contribution in [0, 0.1) is 17.2 Å². The van der Waals surface area contributed by atoms with Crippen molar-refractivity contribution in [2.24, 2.45) is 5.92 Å². The number of amides is 1. The Morgan fingerprint density at radius 2 is 1.89 bits per heavy atom. The number of allylic oxidation sites excluding steroid dienone is 4. The first kappa shape index (κ1) is 25.0. The molecule has 35 heavy (non-hydrogen) atoms. The van der Waals surface area contributed by atoms with E-state index in [-0.39, 0.29) is 29.1 Å². The van der Waals surface area contributed by atoms with Crippen LogP contribution in [-0.2, 0) is 15.7 Å². The molecule has 9 heteroatoms. The molecule has 1 saturated heterocycles. The van der Waals surface area contributed by atoms with Gasteiger partial charge in [-0.3, -0.25) is 4.79 Å². The van der Waals surface area contributed by atoms with E-state index in [1.54, 1.807) is 11.0 Å². The molecular formula is C26H24F3N3O2S. The second-order valence-corrected chi connectivity index (χ2v) is 9.36. The monoisotopic (exact) mass is 499 g/mol. The number of halogens is 3. The number of rotatable bonds is 5. The van der Waals surface area contributed by atoms with Gasteiger partial charge < -0.3 is 9.64 Å². The van der Waals surface area contributed by atoms with Crippen molar-refractivity contribution in [1.29, 1.82) is 5.26 Å². The lowest BCUT2D eigenvalue weighted by molar-refractivity contribution is -0.137. The van der Waals surface area contributed by atoms with Crippen molar-refractivity contribution in [2.45, 2.75) is 24.0 Å². The Bertz CT molecular complexity index is 1180. The molecule has 1 aliphatic heterocycles. The van der Waals surface area contributed by atoms with Crippen molar-refractivity contribution in [3.8, 4) is 17.2 Å². The maximum Gasteiger partial charge on any atom is 0.416 e. The molecule has 2 aliphatic rings. The van der Waals surface area contributed by atoms with E-state index in [0.717, 1.165) is 12.1 Å². The Hall–Kier alpha value is -3.09. The molecule has 1 aromatic carbocycles. The largest absolute Gasteiger partial charge is 0.416 e. The van der Waals surface area contributed by atoms with Crippen LogP contribution in [0.1, 0.15) is 29.7 Å². The van der Waals surface area contributed by atoms with E-state index in [4.69, 9.17) is 9.72 Å². The topological polar surface area (TPSA) is 66.2 Å². The van der Waals surface area contributed by atoms with Gasteiger partial charge in [0.15, 0.2) is 0 Å². The van der Waals surface area contributed by atoms with Crippen LogP contribution in [0.3, 0.4) is 0 Å². The third kappa shape index (κ3) is 5.77. The van der Waals surface area contributed by atoms with Crippen LogP contribution in [-0.4, -0.2) is 47.8 Å². The highest BCUT2D eigenvalue weighted by Crippen LogP contribution is 2.38. The average Bonchev–Trinajstić information content (AvgIpc) is 2.87. The van der Waals surface area contributed by atoms with Gasteiger partial charge in [-0.2, -0.15) is 18.4 Å². The van der Waals surface area contributed by atoms with Gasteiger partial charge in [-0.25, -0.2) is 4.98 Å². The summed E-state index contributed by atoms with van der Waals surface area (Å²) in [7, 11) is 0. The molecule has 4 rings (SSSR count). The SMILES string of the molecule is CC1C=CC=CC1c1cc(-c2ccc(C(F)(F)F)cc2)c(C#N)c(SCC(=O)N2CCOCC2)n1. The van der Waals surface area contributed by atoms with Crippen molar-refractivity contribution in [1.82, 2.24) is 9.88 Å². The normalized spacial score (nSPS) is 20.0. The van der Waals surface area contributed by atoms with Crippen LogP contribution >= 0.6 is 11.8 Å². The maximum atomic E-state index is 13.1. The van der Waals surface area contributed by atoms with E-state index in [0.29, 0.717) is 48.2 Å². The first-order valence-electron chi connectivity index (χ1n) is 11.2. The first-order chi connectivity index (χ1) is 16.8. The maximum absolute atomic E-state index is 13.1. The number of alkyl halides is 3. The third-order valence-corrected chi connectivity index (χ3v) is 7.05. The lowest BCUT2D eigenvalue weighted by atomic mass is 9.86. The molecule has 0 bridgehead atoms. The number of morpholine rings is 1. The van der Waals surface area contributed by atoms with Crippen LogP contribution in [0.5, 0.6) is 0 Å². The lowest BCUT2D eigenvalue weighted by Crippen LogP contribution is -2.41. The number of nitriles is 1. The minimum atomic E-state index is -4.45. The predicted octanol–water partition coefficient (Wildman–Crippen LogP) is 5.44. The van der Waals surface area contributed by atoms with E-state index in [2.05, 4.69) is 19.1 Å². The van der Waals surface area contributed by atoms with Crippen molar-refractivity contribution >= 4 is 17.7 Å². The van der Waals surface area contributed by atoms with Crippen LogP contribution < -0.4 is 0 Å². The second-order valence-electron chi connectivity index (χ2n) is 8.40. The molecule has 1 aromatic heterocycles. The van der Waals surface area contributed by atoms with Crippen molar-refractivity contribution in [3.63, 3.8) is 0 Å². The number of carbonyl (C=O) groups is 1. The summed E-state index contributed by atoms with van der Waals surface area (Å²) in [6, 6.07) is 8.71. The minimum absolute atomic E-state index is 0.0600.